The fourth-order valence-corrected chi connectivity index (χ4v) is 2.23. The van der Waals surface area contributed by atoms with E-state index in [1.165, 1.54) is 12.8 Å². The molecule has 20 heavy (non-hydrogen) atoms. The average molecular weight is 276 g/mol. The molecule has 5 heteroatoms. The third-order valence-electron chi connectivity index (χ3n) is 3.57. The van der Waals surface area contributed by atoms with Gasteiger partial charge in [-0.15, -0.1) is 0 Å². The van der Waals surface area contributed by atoms with E-state index in [0.29, 0.717) is 17.2 Å². The molecule has 1 atom stereocenters. The predicted molar refractivity (Wildman–Crippen MR) is 79.9 cm³/mol. The minimum Gasteiger partial charge on any atom is -0.385 e. The molecule has 1 aliphatic rings. The normalized spacial score (nSPS) is 16.1. The number of nitrogens with one attached hydrogen (secondary N) is 2. The Bertz CT molecular complexity index is 483. The fraction of sp³-hybridized carbons (Fsp3) is 0.667. The Morgan fingerprint density at radius 1 is 1.40 bits per heavy atom. The molecule has 2 N–H and O–H groups in total. The van der Waals surface area contributed by atoms with Crippen LogP contribution in [0.3, 0.4) is 0 Å². The summed E-state index contributed by atoms with van der Waals surface area (Å²) in [4.78, 5) is 21.1. The van der Waals surface area contributed by atoms with E-state index in [-0.39, 0.29) is 17.9 Å². The monoisotopic (exact) mass is 276 g/mol. The second-order valence-corrected chi connectivity index (χ2v) is 5.95. The lowest BCUT2D eigenvalue weighted by molar-refractivity contribution is 0.0932. The second kappa shape index (κ2) is 6.20. The number of rotatable bonds is 6. The highest BCUT2D eigenvalue weighted by molar-refractivity contribution is 5.97. The summed E-state index contributed by atoms with van der Waals surface area (Å²) < 4.78 is 0. The summed E-state index contributed by atoms with van der Waals surface area (Å²) in [5.41, 5.74) is 1.11. The third-order valence-corrected chi connectivity index (χ3v) is 3.57. The molecule has 0 saturated heterocycles. The van der Waals surface area contributed by atoms with Crippen LogP contribution >= 0.6 is 0 Å². The number of hydrogen-bond donors (Lipinski definition) is 2. The molecule has 1 heterocycles. The molecule has 0 aromatic carbocycles. The maximum atomic E-state index is 12.4. The van der Waals surface area contributed by atoms with Crippen molar-refractivity contribution in [1.29, 1.82) is 0 Å². The van der Waals surface area contributed by atoms with E-state index < -0.39 is 0 Å². The van der Waals surface area contributed by atoms with Crippen molar-refractivity contribution in [2.75, 3.05) is 12.4 Å². The van der Waals surface area contributed by atoms with E-state index in [2.05, 4.69) is 27.5 Å². The molecule has 1 saturated carbocycles. The van der Waals surface area contributed by atoms with Gasteiger partial charge in [0, 0.05) is 19.0 Å². The molecule has 110 valence electrons. The summed E-state index contributed by atoms with van der Waals surface area (Å²) >= 11 is 0. The Morgan fingerprint density at radius 2 is 2.10 bits per heavy atom. The lowest BCUT2D eigenvalue weighted by atomic mass is 10.1. The largest absolute Gasteiger partial charge is 0.385 e. The van der Waals surface area contributed by atoms with Crippen LogP contribution in [0.1, 0.15) is 62.3 Å². The van der Waals surface area contributed by atoms with Gasteiger partial charge in [-0.3, -0.25) is 4.79 Å². The summed E-state index contributed by atoms with van der Waals surface area (Å²) in [6, 6.07) is 0.192. The average Bonchev–Trinajstić information content (AvgIpc) is 3.21. The van der Waals surface area contributed by atoms with Crippen molar-refractivity contribution in [2.45, 2.75) is 52.0 Å². The van der Waals surface area contributed by atoms with Crippen LogP contribution in [0.25, 0.3) is 0 Å². The van der Waals surface area contributed by atoms with Gasteiger partial charge in [0.05, 0.1) is 11.9 Å². The predicted octanol–water partition coefficient (Wildman–Crippen LogP) is 2.56. The van der Waals surface area contributed by atoms with Crippen LogP contribution in [0.15, 0.2) is 6.20 Å². The topological polar surface area (TPSA) is 66.9 Å². The van der Waals surface area contributed by atoms with E-state index in [1.807, 2.05) is 13.8 Å². The highest BCUT2D eigenvalue weighted by atomic mass is 16.2. The SMILES string of the molecule is CNc1cnc(C(C)C)nc1C(=O)NC(C)CC1CC1. The Labute approximate surface area is 120 Å². The fourth-order valence-electron chi connectivity index (χ4n) is 2.23. The van der Waals surface area contributed by atoms with Crippen LogP contribution < -0.4 is 10.6 Å². The Kier molecular flexibility index (Phi) is 4.57. The molecule has 0 radical (unpaired) electrons. The molecule has 1 amide bonds. The van der Waals surface area contributed by atoms with Crippen LogP contribution in [0.5, 0.6) is 0 Å². The minimum atomic E-state index is -0.119. The van der Waals surface area contributed by atoms with Gasteiger partial charge in [-0.25, -0.2) is 9.97 Å². The van der Waals surface area contributed by atoms with Crippen molar-refractivity contribution in [3.8, 4) is 0 Å². The van der Waals surface area contributed by atoms with Crippen LogP contribution in [0.2, 0.25) is 0 Å². The van der Waals surface area contributed by atoms with Gasteiger partial charge in [0.25, 0.3) is 5.91 Å². The zero-order valence-electron chi connectivity index (χ0n) is 12.7. The van der Waals surface area contributed by atoms with E-state index in [9.17, 15) is 4.79 Å². The molecule has 2 rings (SSSR count). The van der Waals surface area contributed by atoms with E-state index in [1.54, 1.807) is 13.2 Å². The standard InChI is InChI=1S/C15H24N4O/c1-9(2)14-17-8-12(16-4)13(19-14)15(20)18-10(3)7-11-5-6-11/h8-11,16H,5-7H2,1-4H3,(H,18,20). The quantitative estimate of drug-likeness (QED) is 0.838. The molecular formula is C15H24N4O. The first kappa shape index (κ1) is 14.8. The first-order valence-corrected chi connectivity index (χ1v) is 7.36. The summed E-state index contributed by atoms with van der Waals surface area (Å²) in [5.74, 6) is 1.58. The zero-order valence-corrected chi connectivity index (χ0v) is 12.7. The van der Waals surface area contributed by atoms with Crippen LogP contribution in [0.4, 0.5) is 5.69 Å². The molecule has 1 aliphatic carbocycles. The first-order valence-electron chi connectivity index (χ1n) is 7.36. The van der Waals surface area contributed by atoms with Gasteiger partial charge in [-0.05, 0) is 19.3 Å². The number of hydrogen-bond acceptors (Lipinski definition) is 4. The molecule has 1 fully saturated rings. The highest BCUT2D eigenvalue weighted by Gasteiger charge is 2.25. The highest BCUT2D eigenvalue weighted by Crippen LogP contribution is 2.33. The van der Waals surface area contributed by atoms with Gasteiger partial charge in [-0.2, -0.15) is 0 Å². The van der Waals surface area contributed by atoms with Crippen molar-refractivity contribution < 1.29 is 4.79 Å². The Balaban J connectivity index is 2.11. The lowest BCUT2D eigenvalue weighted by Gasteiger charge is -2.15. The van der Waals surface area contributed by atoms with E-state index in [0.717, 1.165) is 12.3 Å². The number of carbonyl (C=O) groups excluding carboxylic acids is 1. The van der Waals surface area contributed by atoms with Gasteiger partial charge in [0.15, 0.2) is 5.69 Å². The van der Waals surface area contributed by atoms with E-state index in [4.69, 9.17) is 0 Å². The Morgan fingerprint density at radius 3 is 2.65 bits per heavy atom. The zero-order chi connectivity index (χ0) is 14.7. The molecule has 0 aliphatic heterocycles. The number of nitrogens with zero attached hydrogens (tertiary/aromatic N) is 2. The molecular weight excluding hydrogens is 252 g/mol. The first-order chi connectivity index (χ1) is 9.51. The van der Waals surface area contributed by atoms with Gasteiger partial charge < -0.3 is 10.6 Å². The van der Waals surface area contributed by atoms with Crippen LogP contribution in [-0.4, -0.2) is 29.0 Å². The Hall–Kier alpha value is -1.65. The van der Waals surface area contributed by atoms with Crippen molar-refractivity contribution in [1.82, 2.24) is 15.3 Å². The third kappa shape index (κ3) is 3.68. The molecule has 0 bridgehead atoms. The number of anilines is 1. The van der Waals surface area contributed by atoms with Gasteiger partial charge in [0.1, 0.15) is 5.82 Å². The molecule has 5 nitrogen and oxygen atoms in total. The minimum absolute atomic E-state index is 0.119. The molecule has 1 aromatic rings. The smallest absolute Gasteiger partial charge is 0.272 e. The van der Waals surface area contributed by atoms with Gasteiger partial charge >= 0.3 is 0 Å². The van der Waals surface area contributed by atoms with Gasteiger partial charge in [-0.1, -0.05) is 26.7 Å². The summed E-state index contributed by atoms with van der Waals surface area (Å²) in [5, 5.41) is 6.02. The lowest BCUT2D eigenvalue weighted by Crippen LogP contribution is -2.34. The van der Waals surface area contributed by atoms with Crippen molar-refractivity contribution in [2.24, 2.45) is 5.92 Å². The van der Waals surface area contributed by atoms with Gasteiger partial charge in [0.2, 0.25) is 0 Å². The maximum absolute atomic E-state index is 12.4. The van der Waals surface area contributed by atoms with Crippen LogP contribution in [0, 0.1) is 5.92 Å². The maximum Gasteiger partial charge on any atom is 0.272 e. The molecule has 1 unspecified atom stereocenters. The van der Waals surface area contributed by atoms with Crippen molar-refractivity contribution >= 4 is 11.6 Å². The summed E-state index contributed by atoms with van der Waals surface area (Å²) in [6.45, 7) is 6.09. The summed E-state index contributed by atoms with van der Waals surface area (Å²) in [6.07, 6.45) is 5.34. The molecule has 1 aromatic heterocycles. The van der Waals surface area contributed by atoms with Crippen LogP contribution in [-0.2, 0) is 0 Å². The second-order valence-electron chi connectivity index (χ2n) is 5.95. The van der Waals surface area contributed by atoms with Crippen molar-refractivity contribution in [3.05, 3.63) is 17.7 Å². The van der Waals surface area contributed by atoms with E-state index >= 15 is 0 Å². The summed E-state index contributed by atoms with van der Waals surface area (Å²) in [7, 11) is 1.78. The van der Waals surface area contributed by atoms with Crippen molar-refractivity contribution in [3.63, 3.8) is 0 Å². The molecule has 0 spiro atoms. The number of carbonyl (C=O) groups is 1. The number of aromatic nitrogens is 2. The number of amides is 1.